The summed E-state index contributed by atoms with van der Waals surface area (Å²) >= 11 is 0. The zero-order chi connectivity index (χ0) is 14.7. The first-order chi connectivity index (χ1) is 9.50. The molecule has 0 aliphatic rings. The number of carboxylic acid groups (broad SMARTS) is 1. The van der Waals surface area contributed by atoms with Crippen molar-refractivity contribution in [1.82, 2.24) is 14.8 Å². The molecule has 2 rings (SSSR count). The van der Waals surface area contributed by atoms with Gasteiger partial charge < -0.3 is 15.6 Å². The standard InChI is InChI=1S/C13H16N4O3/c1-8(2)17-11(15-7-16-17)6-20-10-5-3-4-9(14)12(10)13(18)19/h3-5,7-8H,6,14H2,1-2H3,(H,18,19). The number of nitrogens with zero attached hydrogens (tertiary/aromatic N) is 3. The summed E-state index contributed by atoms with van der Waals surface area (Å²) in [5.74, 6) is -0.280. The quantitative estimate of drug-likeness (QED) is 0.806. The van der Waals surface area contributed by atoms with E-state index in [4.69, 9.17) is 15.6 Å². The van der Waals surface area contributed by atoms with E-state index in [0.29, 0.717) is 5.82 Å². The molecule has 7 heteroatoms. The van der Waals surface area contributed by atoms with Gasteiger partial charge in [-0.3, -0.25) is 0 Å². The van der Waals surface area contributed by atoms with E-state index >= 15 is 0 Å². The van der Waals surface area contributed by atoms with Gasteiger partial charge in [0, 0.05) is 11.7 Å². The normalized spacial score (nSPS) is 10.8. The molecule has 7 nitrogen and oxygen atoms in total. The first-order valence-electron chi connectivity index (χ1n) is 6.13. The van der Waals surface area contributed by atoms with Gasteiger partial charge in [-0.05, 0) is 26.0 Å². The van der Waals surface area contributed by atoms with Gasteiger partial charge in [-0.2, -0.15) is 5.10 Å². The lowest BCUT2D eigenvalue weighted by molar-refractivity contribution is 0.0692. The minimum atomic E-state index is -1.12. The molecule has 106 valence electrons. The number of ether oxygens (including phenoxy) is 1. The van der Waals surface area contributed by atoms with Crippen molar-refractivity contribution in [2.24, 2.45) is 0 Å². The highest BCUT2D eigenvalue weighted by molar-refractivity contribution is 5.96. The molecule has 0 unspecified atom stereocenters. The Labute approximate surface area is 116 Å². The lowest BCUT2D eigenvalue weighted by atomic mass is 10.1. The predicted molar refractivity (Wildman–Crippen MR) is 72.6 cm³/mol. The van der Waals surface area contributed by atoms with Crippen molar-refractivity contribution in [2.45, 2.75) is 26.5 Å². The molecule has 1 heterocycles. The Balaban J connectivity index is 2.21. The highest BCUT2D eigenvalue weighted by Crippen LogP contribution is 2.25. The van der Waals surface area contributed by atoms with Crippen LogP contribution < -0.4 is 10.5 Å². The third kappa shape index (κ3) is 2.71. The summed E-state index contributed by atoms with van der Waals surface area (Å²) in [6.07, 6.45) is 1.44. The van der Waals surface area contributed by atoms with E-state index in [1.807, 2.05) is 13.8 Å². The second-order valence-electron chi connectivity index (χ2n) is 4.53. The molecule has 0 fully saturated rings. The Hall–Kier alpha value is -2.57. The van der Waals surface area contributed by atoms with E-state index in [0.717, 1.165) is 0 Å². The first-order valence-corrected chi connectivity index (χ1v) is 6.13. The number of hydrogen-bond acceptors (Lipinski definition) is 5. The summed E-state index contributed by atoms with van der Waals surface area (Å²) in [5, 5.41) is 13.2. The van der Waals surface area contributed by atoms with Crippen molar-refractivity contribution < 1.29 is 14.6 Å². The highest BCUT2D eigenvalue weighted by atomic mass is 16.5. The topological polar surface area (TPSA) is 103 Å². The maximum absolute atomic E-state index is 11.2. The zero-order valence-electron chi connectivity index (χ0n) is 11.3. The molecule has 2 aromatic rings. The molecule has 20 heavy (non-hydrogen) atoms. The number of carbonyl (C=O) groups is 1. The molecule has 3 N–H and O–H groups in total. The van der Waals surface area contributed by atoms with Crippen molar-refractivity contribution in [3.63, 3.8) is 0 Å². The second kappa shape index (κ2) is 5.60. The Morgan fingerprint density at radius 3 is 2.90 bits per heavy atom. The number of aromatic carboxylic acids is 1. The lowest BCUT2D eigenvalue weighted by Gasteiger charge is -2.12. The van der Waals surface area contributed by atoms with E-state index < -0.39 is 5.97 Å². The lowest BCUT2D eigenvalue weighted by Crippen LogP contribution is -2.12. The van der Waals surface area contributed by atoms with Crippen LogP contribution in [0, 0.1) is 0 Å². The predicted octanol–water partition coefficient (Wildman–Crippen LogP) is 1.72. The number of aromatic nitrogens is 3. The van der Waals surface area contributed by atoms with Crippen LogP contribution in [0.5, 0.6) is 5.75 Å². The first kappa shape index (κ1) is 13.9. The molecule has 1 aromatic heterocycles. The van der Waals surface area contributed by atoms with Crippen molar-refractivity contribution in [1.29, 1.82) is 0 Å². The molecule has 0 saturated heterocycles. The van der Waals surface area contributed by atoms with Crippen molar-refractivity contribution in [3.8, 4) is 5.75 Å². The molecular weight excluding hydrogens is 260 g/mol. The molecule has 0 aliphatic carbocycles. The van der Waals surface area contributed by atoms with E-state index in [1.165, 1.54) is 12.4 Å². The number of hydrogen-bond donors (Lipinski definition) is 2. The average Bonchev–Trinajstić information content (AvgIpc) is 2.84. The smallest absolute Gasteiger partial charge is 0.341 e. The third-order valence-corrected chi connectivity index (χ3v) is 2.77. The van der Waals surface area contributed by atoms with Gasteiger partial charge in [-0.25, -0.2) is 14.5 Å². The van der Waals surface area contributed by atoms with Crippen LogP contribution in [-0.2, 0) is 6.61 Å². The Morgan fingerprint density at radius 2 is 2.25 bits per heavy atom. The fraction of sp³-hybridized carbons (Fsp3) is 0.308. The minimum absolute atomic E-state index is 0.0388. The molecule has 0 atom stereocenters. The molecule has 0 saturated carbocycles. The van der Waals surface area contributed by atoms with Crippen LogP contribution in [0.1, 0.15) is 36.1 Å². The summed E-state index contributed by atoms with van der Waals surface area (Å²) in [4.78, 5) is 15.3. The van der Waals surface area contributed by atoms with Crippen LogP contribution in [0.25, 0.3) is 0 Å². The van der Waals surface area contributed by atoms with E-state index in [1.54, 1.807) is 16.8 Å². The van der Waals surface area contributed by atoms with Crippen LogP contribution >= 0.6 is 0 Å². The third-order valence-electron chi connectivity index (χ3n) is 2.77. The summed E-state index contributed by atoms with van der Waals surface area (Å²) in [5.41, 5.74) is 5.78. The van der Waals surface area contributed by atoms with Gasteiger partial charge >= 0.3 is 5.97 Å². The van der Waals surface area contributed by atoms with Gasteiger partial charge in [0.2, 0.25) is 0 Å². The van der Waals surface area contributed by atoms with Crippen molar-refractivity contribution in [3.05, 3.63) is 35.9 Å². The maximum atomic E-state index is 11.2. The average molecular weight is 276 g/mol. The van der Waals surface area contributed by atoms with Gasteiger partial charge in [0.25, 0.3) is 0 Å². The molecule has 1 aromatic carbocycles. The van der Waals surface area contributed by atoms with Gasteiger partial charge in [0.15, 0.2) is 5.82 Å². The summed E-state index contributed by atoms with van der Waals surface area (Å²) in [6.45, 7) is 4.07. The number of anilines is 1. The molecule has 0 bridgehead atoms. The van der Waals surface area contributed by atoms with Gasteiger partial charge in [-0.15, -0.1) is 0 Å². The molecule has 0 amide bonds. The van der Waals surface area contributed by atoms with E-state index in [2.05, 4.69) is 10.1 Å². The highest BCUT2D eigenvalue weighted by Gasteiger charge is 2.16. The van der Waals surface area contributed by atoms with E-state index in [9.17, 15) is 4.79 Å². The van der Waals surface area contributed by atoms with Gasteiger partial charge in [0.1, 0.15) is 24.2 Å². The monoisotopic (exact) mass is 276 g/mol. The zero-order valence-corrected chi connectivity index (χ0v) is 11.3. The number of nitrogen functional groups attached to an aromatic ring is 1. The second-order valence-corrected chi connectivity index (χ2v) is 4.53. The van der Waals surface area contributed by atoms with E-state index in [-0.39, 0.29) is 29.6 Å². The van der Waals surface area contributed by atoms with Crippen LogP contribution in [0.2, 0.25) is 0 Å². The Kier molecular flexibility index (Phi) is 3.88. The minimum Gasteiger partial charge on any atom is -0.485 e. The summed E-state index contributed by atoms with van der Waals surface area (Å²) in [7, 11) is 0. The van der Waals surface area contributed by atoms with Gasteiger partial charge in [0.05, 0.1) is 0 Å². The largest absolute Gasteiger partial charge is 0.485 e. The molecule has 0 radical (unpaired) electrons. The number of carboxylic acids is 1. The SMILES string of the molecule is CC(C)n1ncnc1COc1cccc(N)c1C(=O)O. The number of benzene rings is 1. The summed E-state index contributed by atoms with van der Waals surface area (Å²) < 4.78 is 7.25. The number of rotatable bonds is 5. The van der Waals surface area contributed by atoms with Crippen LogP contribution in [-0.4, -0.2) is 25.8 Å². The van der Waals surface area contributed by atoms with Crippen LogP contribution in [0.4, 0.5) is 5.69 Å². The van der Waals surface area contributed by atoms with Gasteiger partial charge in [-0.1, -0.05) is 6.07 Å². The van der Waals surface area contributed by atoms with Crippen LogP contribution in [0.15, 0.2) is 24.5 Å². The Bertz CT molecular complexity index is 622. The Morgan fingerprint density at radius 1 is 1.50 bits per heavy atom. The van der Waals surface area contributed by atoms with Crippen molar-refractivity contribution in [2.75, 3.05) is 5.73 Å². The fourth-order valence-electron chi connectivity index (χ4n) is 1.85. The molecular formula is C13H16N4O3. The number of nitrogens with two attached hydrogens (primary N) is 1. The summed E-state index contributed by atoms with van der Waals surface area (Å²) in [6, 6.07) is 4.88. The maximum Gasteiger partial charge on any atom is 0.341 e. The van der Waals surface area contributed by atoms with Crippen LogP contribution in [0.3, 0.4) is 0 Å². The van der Waals surface area contributed by atoms with Crippen molar-refractivity contribution >= 4 is 11.7 Å². The molecule has 0 aliphatic heterocycles. The molecule has 0 spiro atoms. The fourth-order valence-corrected chi connectivity index (χ4v) is 1.85.